The van der Waals surface area contributed by atoms with E-state index in [-0.39, 0.29) is 11.3 Å². The number of aliphatic hydroxyl groups excluding tert-OH is 1. The number of likely N-dealkylation sites (tertiary alicyclic amines) is 1. The van der Waals surface area contributed by atoms with Crippen molar-refractivity contribution in [2.45, 2.75) is 26.0 Å². The van der Waals surface area contributed by atoms with E-state index in [1.165, 1.54) is 4.90 Å². The first-order chi connectivity index (χ1) is 18.8. The second kappa shape index (κ2) is 12.8. The normalized spacial score (nSPS) is 16.6. The van der Waals surface area contributed by atoms with E-state index in [0.717, 1.165) is 12.1 Å². The van der Waals surface area contributed by atoms with E-state index in [1.807, 2.05) is 62.3 Å². The molecule has 1 N–H and O–H groups in total. The molecule has 0 spiro atoms. The number of amides is 1. The lowest BCUT2D eigenvalue weighted by Crippen LogP contribution is -2.32. The third-order valence-electron chi connectivity index (χ3n) is 6.48. The molecular formula is C31H33ClN2O5. The Kier molecular flexibility index (Phi) is 9.28. The molecule has 1 saturated heterocycles. The third-order valence-corrected chi connectivity index (χ3v) is 6.73. The number of Topliss-reactive ketones (excluding diaryl/α,β-unsaturated/α-hetero) is 1. The summed E-state index contributed by atoms with van der Waals surface area (Å²) in [6, 6.07) is 20.9. The van der Waals surface area contributed by atoms with Crippen molar-refractivity contribution in [1.82, 2.24) is 9.80 Å². The summed E-state index contributed by atoms with van der Waals surface area (Å²) in [5.74, 6) is -0.563. The molecule has 8 heteroatoms. The fourth-order valence-electron chi connectivity index (χ4n) is 4.60. The molecule has 7 nitrogen and oxygen atoms in total. The molecule has 1 aliphatic rings. The van der Waals surface area contributed by atoms with Gasteiger partial charge in [0.25, 0.3) is 11.7 Å². The molecule has 1 unspecified atom stereocenters. The number of carbonyl (C=O) groups excluding carboxylic acids is 2. The molecule has 0 saturated carbocycles. The van der Waals surface area contributed by atoms with E-state index in [2.05, 4.69) is 0 Å². The minimum Gasteiger partial charge on any atom is -0.507 e. The summed E-state index contributed by atoms with van der Waals surface area (Å²) in [6.07, 6.45) is 0.661. The van der Waals surface area contributed by atoms with Crippen LogP contribution in [0.4, 0.5) is 0 Å². The zero-order valence-corrected chi connectivity index (χ0v) is 23.1. The Hall–Kier alpha value is -3.81. The van der Waals surface area contributed by atoms with Crippen molar-refractivity contribution in [3.63, 3.8) is 0 Å². The number of ketones is 1. The Morgan fingerprint density at radius 1 is 0.974 bits per heavy atom. The van der Waals surface area contributed by atoms with Gasteiger partial charge < -0.3 is 24.4 Å². The average Bonchev–Trinajstić information content (AvgIpc) is 3.18. The molecule has 0 bridgehead atoms. The number of hydrogen-bond acceptors (Lipinski definition) is 6. The lowest BCUT2D eigenvalue weighted by molar-refractivity contribution is -0.139. The SMILES string of the molecule is CCOc1cc(C2/C(=C(\O)c3ccc(Cl)cc3)C(=O)C(=O)N2CCCN(C)C)ccc1OCc1ccccc1. The van der Waals surface area contributed by atoms with E-state index < -0.39 is 17.7 Å². The standard InChI is InChI=1S/C31H33ClN2O5/c1-4-38-26-19-23(13-16-25(26)39-20-21-9-6-5-7-10-21)28-27(29(35)22-11-14-24(32)15-12-22)30(36)31(37)34(28)18-8-17-33(2)3/h5-7,9-16,19,28,35H,4,8,17-18,20H2,1-3H3/b29-27+. The summed E-state index contributed by atoms with van der Waals surface area (Å²) in [6.45, 7) is 3.73. The second-order valence-electron chi connectivity index (χ2n) is 9.57. The van der Waals surface area contributed by atoms with Gasteiger partial charge in [-0.05, 0) is 81.5 Å². The lowest BCUT2D eigenvalue weighted by Gasteiger charge is -2.26. The Morgan fingerprint density at radius 3 is 2.36 bits per heavy atom. The third kappa shape index (κ3) is 6.61. The van der Waals surface area contributed by atoms with Crippen LogP contribution in [0.5, 0.6) is 11.5 Å². The van der Waals surface area contributed by atoms with Crippen LogP contribution in [0.15, 0.2) is 78.4 Å². The van der Waals surface area contributed by atoms with Gasteiger partial charge in [-0.3, -0.25) is 9.59 Å². The molecule has 39 heavy (non-hydrogen) atoms. The van der Waals surface area contributed by atoms with E-state index in [9.17, 15) is 14.7 Å². The van der Waals surface area contributed by atoms with Gasteiger partial charge >= 0.3 is 0 Å². The van der Waals surface area contributed by atoms with E-state index in [1.54, 1.807) is 36.4 Å². The molecular weight excluding hydrogens is 516 g/mol. The summed E-state index contributed by atoms with van der Waals surface area (Å²) in [4.78, 5) is 30.1. The topological polar surface area (TPSA) is 79.3 Å². The first kappa shape index (κ1) is 28.2. The van der Waals surface area contributed by atoms with Crippen LogP contribution in [0.2, 0.25) is 5.02 Å². The predicted molar refractivity (Wildman–Crippen MR) is 152 cm³/mol. The first-order valence-corrected chi connectivity index (χ1v) is 13.3. The summed E-state index contributed by atoms with van der Waals surface area (Å²) in [5, 5.41) is 11.8. The number of aliphatic hydroxyl groups is 1. The average molecular weight is 549 g/mol. The van der Waals surface area contributed by atoms with Gasteiger partial charge in [0.1, 0.15) is 12.4 Å². The highest BCUT2D eigenvalue weighted by Crippen LogP contribution is 2.42. The number of benzene rings is 3. The summed E-state index contributed by atoms with van der Waals surface area (Å²) in [5.41, 5.74) is 2.10. The maximum atomic E-state index is 13.3. The van der Waals surface area contributed by atoms with Gasteiger partial charge in [0.2, 0.25) is 0 Å². The van der Waals surface area contributed by atoms with Gasteiger partial charge in [-0.2, -0.15) is 0 Å². The predicted octanol–water partition coefficient (Wildman–Crippen LogP) is 5.69. The van der Waals surface area contributed by atoms with Crippen molar-refractivity contribution in [2.24, 2.45) is 0 Å². The van der Waals surface area contributed by atoms with Crippen molar-refractivity contribution >= 4 is 29.1 Å². The van der Waals surface area contributed by atoms with Crippen molar-refractivity contribution < 1.29 is 24.2 Å². The smallest absolute Gasteiger partial charge is 0.295 e. The summed E-state index contributed by atoms with van der Waals surface area (Å²) in [7, 11) is 3.91. The van der Waals surface area contributed by atoms with Gasteiger partial charge in [0.05, 0.1) is 18.2 Å². The van der Waals surface area contributed by atoms with E-state index >= 15 is 0 Å². The minimum absolute atomic E-state index is 0.0348. The van der Waals surface area contributed by atoms with Crippen LogP contribution in [-0.2, 0) is 16.2 Å². The number of halogens is 1. The van der Waals surface area contributed by atoms with Crippen LogP contribution in [0, 0.1) is 0 Å². The highest BCUT2D eigenvalue weighted by atomic mass is 35.5. The number of ether oxygens (including phenoxy) is 2. The van der Waals surface area contributed by atoms with Crippen LogP contribution in [0.3, 0.4) is 0 Å². The van der Waals surface area contributed by atoms with Gasteiger partial charge in [-0.15, -0.1) is 0 Å². The van der Waals surface area contributed by atoms with E-state index in [0.29, 0.717) is 53.8 Å². The second-order valence-corrected chi connectivity index (χ2v) is 10.0. The van der Waals surface area contributed by atoms with Crippen LogP contribution in [0.1, 0.15) is 36.1 Å². The molecule has 204 valence electrons. The molecule has 1 fully saturated rings. The van der Waals surface area contributed by atoms with Crippen molar-refractivity contribution in [2.75, 3.05) is 33.8 Å². The Bertz CT molecular complexity index is 1340. The van der Waals surface area contributed by atoms with Crippen LogP contribution in [-0.4, -0.2) is 60.4 Å². The van der Waals surface area contributed by atoms with Crippen LogP contribution in [0.25, 0.3) is 5.76 Å². The molecule has 1 amide bonds. The van der Waals surface area contributed by atoms with Crippen molar-refractivity contribution in [3.8, 4) is 11.5 Å². The summed E-state index contributed by atoms with van der Waals surface area (Å²) < 4.78 is 12.0. The molecule has 3 aromatic rings. The van der Waals surface area contributed by atoms with Gasteiger partial charge in [-0.25, -0.2) is 0 Å². The molecule has 1 aliphatic heterocycles. The maximum Gasteiger partial charge on any atom is 0.295 e. The number of carbonyl (C=O) groups is 2. The summed E-state index contributed by atoms with van der Waals surface area (Å²) >= 11 is 6.03. The lowest BCUT2D eigenvalue weighted by atomic mass is 9.95. The number of rotatable bonds is 11. The van der Waals surface area contributed by atoms with Gasteiger partial charge in [-0.1, -0.05) is 48.0 Å². The number of nitrogens with zero attached hydrogens (tertiary/aromatic N) is 2. The fourth-order valence-corrected chi connectivity index (χ4v) is 4.72. The monoisotopic (exact) mass is 548 g/mol. The quantitative estimate of drug-likeness (QED) is 0.188. The minimum atomic E-state index is -0.787. The van der Waals surface area contributed by atoms with Crippen LogP contribution < -0.4 is 9.47 Å². The largest absolute Gasteiger partial charge is 0.507 e. The highest BCUT2D eigenvalue weighted by molar-refractivity contribution is 6.46. The van der Waals surface area contributed by atoms with Crippen molar-refractivity contribution in [1.29, 1.82) is 0 Å². The molecule has 1 atom stereocenters. The van der Waals surface area contributed by atoms with Gasteiger partial charge in [0, 0.05) is 17.1 Å². The first-order valence-electron chi connectivity index (χ1n) is 12.9. The molecule has 4 rings (SSSR count). The maximum absolute atomic E-state index is 13.3. The van der Waals surface area contributed by atoms with Crippen LogP contribution >= 0.6 is 11.6 Å². The molecule has 1 heterocycles. The Balaban J connectivity index is 1.75. The van der Waals surface area contributed by atoms with E-state index in [4.69, 9.17) is 21.1 Å². The zero-order chi connectivity index (χ0) is 27.9. The Morgan fingerprint density at radius 2 is 1.69 bits per heavy atom. The number of hydrogen-bond donors (Lipinski definition) is 1. The zero-order valence-electron chi connectivity index (χ0n) is 22.4. The molecule has 0 aliphatic carbocycles. The molecule has 0 aromatic heterocycles. The fraction of sp³-hybridized carbons (Fsp3) is 0.290. The molecule has 0 radical (unpaired) electrons. The van der Waals surface area contributed by atoms with Gasteiger partial charge in [0.15, 0.2) is 11.5 Å². The van der Waals surface area contributed by atoms with Crippen molar-refractivity contribution in [3.05, 3.63) is 100 Å². The highest BCUT2D eigenvalue weighted by Gasteiger charge is 2.46. The molecule has 3 aromatic carbocycles. The Labute approximate surface area is 234 Å².